The van der Waals surface area contributed by atoms with Crippen LogP contribution in [-0.4, -0.2) is 16.8 Å². The molecule has 33 heavy (non-hydrogen) atoms. The van der Waals surface area contributed by atoms with Gasteiger partial charge in [0, 0.05) is 29.3 Å². The summed E-state index contributed by atoms with van der Waals surface area (Å²) >= 11 is 0. The van der Waals surface area contributed by atoms with Gasteiger partial charge in [-0.1, -0.05) is 18.2 Å². The largest absolute Gasteiger partial charge is 0.503 e. The van der Waals surface area contributed by atoms with Crippen molar-refractivity contribution in [1.29, 1.82) is 0 Å². The number of fused-ring (bicyclic) bond motifs is 3. The molecule has 0 atom stereocenters. The van der Waals surface area contributed by atoms with Crippen molar-refractivity contribution in [3.05, 3.63) is 93.6 Å². The predicted molar refractivity (Wildman–Crippen MR) is 123 cm³/mol. The van der Waals surface area contributed by atoms with Crippen molar-refractivity contribution >= 4 is 27.6 Å². The van der Waals surface area contributed by atoms with E-state index in [9.17, 15) is 14.7 Å². The Kier molecular flexibility index (Phi) is 4.84. The van der Waals surface area contributed by atoms with Crippen LogP contribution in [0.1, 0.15) is 0 Å². The van der Waals surface area contributed by atoms with Crippen molar-refractivity contribution in [3.8, 4) is 28.7 Å². The third-order valence-corrected chi connectivity index (χ3v) is 5.32. The van der Waals surface area contributed by atoms with E-state index in [1.54, 1.807) is 66.7 Å². The smallest absolute Gasteiger partial charge is 0.383 e. The molecule has 5 rings (SSSR count). The van der Waals surface area contributed by atoms with Gasteiger partial charge in [-0.05, 0) is 36.4 Å². The topological polar surface area (TPSA) is 119 Å². The summed E-state index contributed by atoms with van der Waals surface area (Å²) in [4.78, 5) is 26.4. The molecule has 3 aromatic carbocycles. The van der Waals surface area contributed by atoms with E-state index in [2.05, 4.69) is 5.73 Å². The molecule has 0 radical (unpaired) electrons. The van der Waals surface area contributed by atoms with E-state index in [1.807, 2.05) is 6.07 Å². The molecule has 0 spiro atoms. The van der Waals surface area contributed by atoms with Gasteiger partial charge in [-0.15, -0.1) is 0 Å². The first kappa shape index (κ1) is 20.3. The summed E-state index contributed by atoms with van der Waals surface area (Å²) in [6.45, 7) is 0. The minimum atomic E-state index is -0.910. The van der Waals surface area contributed by atoms with Crippen molar-refractivity contribution in [3.63, 3.8) is 0 Å². The van der Waals surface area contributed by atoms with Crippen molar-refractivity contribution in [1.82, 2.24) is 4.57 Å². The number of methoxy groups -OCH3 is 1. The lowest BCUT2D eigenvalue weighted by molar-refractivity contribution is -0.254. The van der Waals surface area contributed by atoms with Crippen LogP contribution in [0.3, 0.4) is 0 Å². The predicted octanol–water partition coefficient (Wildman–Crippen LogP) is 3.48. The average molecular weight is 443 g/mol. The fourth-order valence-corrected chi connectivity index (χ4v) is 3.73. The normalized spacial score (nSPS) is 11.1. The van der Waals surface area contributed by atoms with Gasteiger partial charge in [-0.2, -0.15) is 0 Å². The number of ether oxygens (including phenoxy) is 2. The van der Waals surface area contributed by atoms with E-state index < -0.39 is 22.7 Å². The van der Waals surface area contributed by atoms with Crippen molar-refractivity contribution in [2.45, 2.75) is 0 Å². The minimum absolute atomic E-state index is 0.0345. The van der Waals surface area contributed by atoms with Gasteiger partial charge in [0.2, 0.25) is 0 Å². The zero-order valence-electron chi connectivity index (χ0n) is 17.6. The van der Waals surface area contributed by atoms with E-state index in [4.69, 9.17) is 13.9 Å². The molecule has 2 heterocycles. The second-order valence-electron chi connectivity index (χ2n) is 7.38. The van der Waals surface area contributed by atoms with E-state index >= 15 is 0 Å². The molecule has 8 nitrogen and oxygen atoms in total. The van der Waals surface area contributed by atoms with Gasteiger partial charge in [0.05, 0.1) is 12.6 Å². The highest BCUT2D eigenvalue weighted by Crippen LogP contribution is 2.36. The van der Waals surface area contributed by atoms with Gasteiger partial charge in [0.1, 0.15) is 22.6 Å². The van der Waals surface area contributed by atoms with Crippen molar-refractivity contribution in [2.24, 2.45) is 0 Å². The number of aromatic hydroxyl groups is 1. The Hall–Kier alpha value is -4.56. The fourth-order valence-electron chi connectivity index (χ4n) is 3.73. The third kappa shape index (κ3) is 3.38. The number of nitrogens with zero attached hydrogens (tertiary/aromatic N) is 1. The Morgan fingerprint density at radius 3 is 2.33 bits per heavy atom. The monoisotopic (exact) mass is 443 g/mol. The van der Waals surface area contributed by atoms with Crippen LogP contribution in [0, 0.1) is 0 Å². The first-order chi connectivity index (χ1) is 16.0. The summed E-state index contributed by atoms with van der Waals surface area (Å²) in [7, 11) is 1.52. The Bertz CT molecular complexity index is 1620. The molecule has 8 heteroatoms. The SMILES string of the molecule is COc1ccc2c3oc(=O)c(Oc4ccc([NH3+])cc4)c(O)c3c(=O)n(-c3ccccc3)c2c1. The van der Waals surface area contributed by atoms with Crippen molar-refractivity contribution < 1.29 is 24.7 Å². The van der Waals surface area contributed by atoms with E-state index in [-0.39, 0.29) is 11.0 Å². The van der Waals surface area contributed by atoms with E-state index in [1.165, 1.54) is 11.7 Å². The van der Waals surface area contributed by atoms with Crippen LogP contribution < -0.4 is 26.4 Å². The van der Waals surface area contributed by atoms with Crippen molar-refractivity contribution in [2.75, 3.05) is 7.11 Å². The maximum absolute atomic E-state index is 13.7. The Morgan fingerprint density at radius 1 is 0.939 bits per heavy atom. The van der Waals surface area contributed by atoms with Gasteiger partial charge in [0.25, 0.3) is 11.3 Å². The molecule has 0 amide bonds. The summed E-state index contributed by atoms with van der Waals surface area (Å²) < 4.78 is 17.9. The summed E-state index contributed by atoms with van der Waals surface area (Å²) in [5.41, 5.74) is 4.06. The zero-order chi connectivity index (χ0) is 23.1. The summed E-state index contributed by atoms with van der Waals surface area (Å²) in [6.07, 6.45) is 0. The number of benzene rings is 3. The van der Waals surface area contributed by atoms with Gasteiger partial charge in [-0.25, -0.2) is 4.79 Å². The maximum Gasteiger partial charge on any atom is 0.383 e. The number of para-hydroxylation sites is 1. The molecule has 0 bridgehead atoms. The molecule has 0 saturated carbocycles. The molecule has 0 unspecified atom stereocenters. The minimum Gasteiger partial charge on any atom is -0.503 e. The van der Waals surface area contributed by atoms with Crippen LogP contribution in [0.5, 0.6) is 23.0 Å². The summed E-state index contributed by atoms with van der Waals surface area (Å²) in [5, 5.41) is 11.3. The van der Waals surface area contributed by atoms with Gasteiger partial charge in [-0.3, -0.25) is 9.36 Å². The molecular weight excluding hydrogens is 424 g/mol. The number of aromatic nitrogens is 1. The standard InChI is InChI=1S/C25H18N2O6/c1-31-17-11-12-18-19(13-17)27(15-5-3-2-4-6-15)24(29)20-21(28)23(25(30)33-22(18)20)32-16-9-7-14(26)8-10-16/h2-13,28H,26H2,1H3/p+1. The second kappa shape index (κ2) is 7.85. The Morgan fingerprint density at radius 2 is 1.64 bits per heavy atom. The Balaban J connectivity index is 1.87. The highest BCUT2D eigenvalue weighted by Gasteiger charge is 2.24. The van der Waals surface area contributed by atoms with Crippen LogP contribution in [0.2, 0.25) is 0 Å². The molecule has 4 N–H and O–H groups in total. The van der Waals surface area contributed by atoms with Gasteiger partial charge >= 0.3 is 5.63 Å². The lowest BCUT2D eigenvalue weighted by Gasteiger charge is -2.15. The first-order valence-electron chi connectivity index (χ1n) is 10.1. The second-order valence-corrected chi connectivity index (χ2v) is 7.38. The number of hydrogen-bond donors (Lipinski definition) is 2. The summed E-state index contributed by atoms with van der Waals surface area (Å²) in [5.74, 6) is -0.249. The number of rotatable bonds is 4. The molecule has 0 fully saturated rings. The Labute approximate surface area is 186 Å². The molecule has 164 valence electrons. The maximum atomic E-state index is 13.7. The molecular formula is C25H19N2O6+. The zero-order valence-corrected chi connectivity index (χ0v) is 17.6. The van der Waals surface area contributed by atoms with Crippen LogP contribution in [0.4, 0.5) is 5.69 Å². The lowest BCUT2D eigenvalue weighted by Crippen LogP contribution is -2.39. The highest BCUT2D eigenvalue weighted by atomic mass is 16.5. The lowest BCUT2D eigenvalue weighted by atomic mass is 10.1. The number of pyridine rings is 1. The molecule has 0 aliphatic heterocycles. The quantitative estimate of drug-likeness (QED) is 0.411. The molecule has 5 aromatic rings. The third-order valence-electron chi connectivity index (χ3n) is 5.32. The van der Waals surface area contributed by atoms with E-state index in [0.717, 1.165) is 5.69 Å². The van der Waals surface area contributed by atoms with Crippen LogP contribution >= 0.6 is 0 Å². The van der Waals surface area contributed by atoms with Crippen LogP contribution in [0.15, 0.2) is 86.8 Å². The first-order valence-corrected chi connectivity index (χ1v) is 10.1. The highest BCUT2D eigenvalue weighted by molar-refractivity contribution is 6.05. The number of hydrogen-bond acceptors (Lipinski definition) is 6. The molecule has 0 aliphatic carbocycles. The average Bonchev–Trinajstić information content (AvgIpc) is 2.83. The molecule has 0 aliphatic rings. The summed E-state index contributed by atoms with van der Waals surface area (Å²) in [6, 6.07) is 20.6. The van der Waals surface area contributed by atoms with Crippen LogP contribution in [-0.2, 0) is 0 Å². The van der Waals surface area contributed by atoms with Crippen LogP contribution in [0.25, 0.3) is 27.6 Å². The molecule has 0 saturated heterocycles. The number of quaternary nitrogens is 1. The van der Waals surface area contributed by atoms with E-state index in [0.29, 0.717) is 28.1 Å². The molecule has 2 aromatic heterocycles. The van der Waals surface area contributed by atoms with Gasteiger partial charge in [0.15, 0.2) is 11.3 Å². The van der Waals surface area contributed by atoms with Gasteiger partial charge < -0.3 is 24.7 Å². The fraction of sp³-hybridized carbons (Fsp3) is 0.0400.